The van der Waals surface area contributed by atoms with Crippen molar-refractivity contribution >= 4 is 21.7 Å². The van der Waals surface area contributed by atoms with Crippen molar-refractivity contribution in [2.45, 2.75) is 26.2 Å². The summed E-state index contributed by atoms with van der Waals surface area (Å²) in [4.78, 5) is 12.6. The topological polar surface area (TPSA) is 29.1 Å². The van der Waals surface area contributed by atoms with Crippen LogP contribution in [0.2, 0.25) is 0 Å². The Morgan fingerprint density at radius 3 is 2.94 bits per heavy atom. The minimum Gasteiger partial charge on any atom is -0.316 e. The van der Waals surface area contributed by atoms with Crippen molar-refractivity contribution in [2.24, 2.45) is 5.41 Å². The Kier molecular flexibility index (Phi) is 4.17. The Bertz CT molecular complexity index is 455. The second-order valence-electron chi connectivity index (χ2n) is 4.91. The molecule has 0 amide bonds. The molecule has 0 saturated carbocycles. The van der Waals surface area contributed by atoms with E-state index in [1.165, 1.54) is 6.07 Å². The van der Waals surface area contributed by atoms with E-state index in [2.05, 4.69) is 28.2 Å². The van der Waals surface area contributed by atoms with Crippen molar-refractivity contribution in [1.29, 1.82) is 0 Å². The molecule has 2 rings (SSSR count). The molecule has 98 valence electrons. The van der Waals surface area contributed by atoms with Gasteiger partial charge in [0, 0.05) is 16.4 Å². The third kappa shape index (κ3) is 2.50. The zero-order chi connectivity index (χ0) is 13.2. The second-order valence-corrected chi connectivity index (χ2v) is 5.83. The molecule has 0 radical (unpaired) electrons. The summed E-state index contributed by atoms with van der Waals surface area (Å²) in [7, 11) is 0. The molecule has 1 saturated heterocycles. The Hall–Kier alpha value is -0.740. The van der Waals surface area contributed by atoms with E-state index in [1.54, 1.807) is 12.1 Å². The Morgan fingerprint density at radius 1 is 1.56 bits per heavy atom. The van der Waals surface area contributed by atoms with Crippen LogP contribution in [0, 0.1) is 11.2 Å². The van der Waals surface area contributed by atoms with E-state index in [9.17, 15) is 9.18 Å². The molecule has 0 spiro atoms. The van der Waals surface area contributed by atoms with E-state index in [1.807, 2.05) is 0 Å². The van der Waals surface area contributed by atoms with Crippen LogP contribution in [0.4, 0.5) is 4.39 Å². The van der Waals surface area contributed by atoms with Crippen LogP contribution in [0.5, 0.6) is 0 Å². The van der Waals surface area contributed by atoms with Gasteiger partial charge in [0.15, 0.2) is 5.78 Å². The van der Waals surface area contributed by atoms with Crippen molar-refractivity contribution in [3.8, 4) is 0 Å². The molecule has 1 unspecified atom stereocenters. The minimum absolute atomic E-state index is 0.0619. The molecule has 4 heteroatoms. The predicted octanol–water partition coefficient (Wildman–Crippen LogP) is 3.55. The number of nitrogens with one attached hydrogen (secondary N) is 1. The van der Waals surface area contributed by atoms with Gasteiger partial charge >= 0.3 is 0 Å². The molecule has 0 bridgehead atoms. The lowest BCUT2D eigenvalue weighted by Gasteiger charge is -2.26. The quantitative estimate of drug-likeness (QED) is 0.861. The van der Waals surface area contributed by atoms with Crippen molar-refractivity contribution in [2.75, 3.05) is 13.1 Å². The van der Waals surface area contributed by atoms with Crippen molar-refractivity contribution < 1.29 is 9.18 Å². The molecule has 1 aliphatic heterocycles. The number of halogens is 2. The normalized spacial score (nSPS) is 23.3. The molecule has 1 aliphatic rings. The number of hydrogen-bond donors (Lipinski definition) is 1. The number of ketones is 1. The number of benzene rings is 1. The van der Waals surface area contributed by atoms with Gasteiger partial charge in [0.25, 0.3) is 0 Å². The van der Waals surface area contributed by atoms with E-state index in [-0.39, 0.29) is 11.3 Å². The van der Waals surface area contributed by atoms with E-state index < -0.39 is 11.2 Å². The first-order chi connectivity index (χ1) is 8.59. The number of carbonyl (C=O) groups excluding carboxylic acids is 1. The maximum atomic E-state index is 13.8. The summed E-state index contributed by atoms with van der Waals surface area (Å²) in [6.07, 6.45) is 2.54. The van der Waals surface area contributed by atoms with Gasteiger partial charge < -0.3 is 5.32 Å². The van der Waals surface area contributed by atoms with Gasteiger partial charge in [-0.15, -0.1) is 0 Å². The van der Waals surface area contributed by atoms with Gasteiger partial charge in [-0.05, 0) is 37.6 Å². The van der Waals surface area contributed by atoms with Crippen LogP contribution in [0.25, 0.3) is 0 Å². The van der Waals surface area contributed by atoms with Gasteiger partial charge in [0.1, 0.15) is 5.82 Å². The minimum atomic E-state index is -0.425. The molecule has 1 N–H and O–H groups in total. The lowest BCUT2D eigenvalue weighted by molar-refractivity contribution is 0.0797. The smallest absolute Gasteiger partial charge is 0.173 e. The van der Waals surface area contributed by atoms with Gasteiger partial charge in [-0.1, -0.05) is 29.3 Å². The summed E-state index contributed by atoms with van der Waals surface area (Å²) in [6.45, 7) is 3.55. The molecule has 18 heavy (non-hydrogen) atoms. The average molecular weight is 314 g/mol. The molecule has 1 fully saturated rings. The molecule has 1 aromatic rings. The van der Waals surface area contributed by atoms with E-state index in [4.69, 9.17) is 0 Å². The molecular formula is C14H17BrFNO. The summed E-state index contributed by atoms with van der Waals surface area (Å²) in [6, 6.07) is 4.55. The summed E-state index contributed by atoms with van der Waals surface area (Å²) in [5.74, 6) is -0.487. The Morgan fingerprint density at radius 2 is 2.33 bits per heavy atom. The molecule has 1 aromatic carbocycles. The molecule has 0 aromatic heterocycles. The highest BCUT2D eigenvalue weighted by Gasteiger charge is 2.41. The Balaban J connectivity index is 2.36. The fraction of sp³-hybridized carbons (Fsp3) is 0.500. The van der Waals surface area contributed by atoms with Crippen LogP contribution in [0.1, 0.15) is 36.5 Å². The number of Topliss-reactive ketones (excluding diaryl/α,β-unsaturated/α-hetero) is 1. The molecule has 1 atom stereocenters. The highest BCUT2D eigenvalue weighted by atomic mass is 79.9. The van der Waals surface area contributed by atoms with Gasteiger partial charge in [-0.3, -0.25) is 4.79 Å². The average Bonchev–Trinajstić information content (AvgIpc) is 2.82. The largest absolute Gasteiger partial charge is 0.316 e. The van der Waals surface area contributed by atoms with Gasteiger partial charge in [-0.2, -0.15) is 0 Å². The van der Waals surface area contributed by atoms with E-state index in [0.717, 1.165) is 30.3 Å². The van der Waals surface area contributed by atoms with Crippen LogP contribution in [0.15, 0.2) is 22.7 Å². The van der Waals surface area contributed by atoms with Crippen LogP contribution < -0.4 is 5.32 Å². The molecule has 2 nitrogen and oxygen atoms in total. The standard InChI is InChI=1S/C14H17BrFNO/c1-2-5-14(6-7-17-9-14)13(18)11-8-10(15)3-4-12(11)16/h3-4,8,17H,2,5-7,9H2,1H3. The van der Waals surface area contributed by atoms with Gasteiger partial charge in [-0.25, -0.2) is 4.39 Å². The van der Waals surface area contributed by atoms with Crippen LogP contribution >= 0.6 is 15.9 Å². The monoisotopic (exact) mass is 313 g/mol. The Labute approximate surface area is 115 Å². The van der Waals surface area contributed by atoms with Gasteiger partial charge in [0.2, 0.25) is 0 Å². The lowest BCUT2D eigenvalue weighted by Crippen LogP contribution is -2.34. The third-order valence-electron chi connectivity index (χ3n) is 3.63. The van der Waals surface area contributed by atoms with Crippen molar-refractivity contribution in [3.05, 3.63) is 34.1 Å². The molecule has 0 aliphatic carbocycles. The highest BCUT2D eigenvalue weighted by Crippen LogP contribution is 2.36. The first-order valence-electron chi connectivity index (χ1n) is 6.29. The third-order valence-corrected chi connectivity index (χ3v) is 4.12. The van der Waals surface area contributed by atoms with Crippen molar-refractivity contribution in [3.63, 3.8) is 0 Å². The SMILES string of the molecule is CCCC1(C(=O)c2cc(Br)ccc2F)CCNC1. The number of carbonyl (C=O) groups is 1. The first-order valence-corrected chi connectivity index (χ1v) is 7.09. The first kappa shape index (κ1) is 13.7. The summed E-state index contributed by atoms with van der Waals surface area (Å²) < 4.78 is 14.6. The zero-order valence-electron chi connectivity index (χ0n) is 10.4. The van der Waals surface area contributed by atoms with Crippen LogP contribution in [-0.2, 0) is 0 Å². The number of rotatable bonds is 4. The maximum Gasteiger partial charge on any atom is 0.173 e. The zero-order valence-corrected chi connectivity index (χ0v) is 12.0. The maximum absolute atomic E-state index is 13.8. The summed E-state index contributed by atoms with van der Waals surface area (Å²) >= 11 is 3.30. The fourth-order valence-electron chi connectivity index (χ4n) is 2.70. The molecule has 1 heterocycles. The lowest BCUT2D eigenvalue weighted by atomic mass is 9.76. The van der Waals surface area contributed by atoms with E-state index in [0.29, 0.717) is 6.54 Å². The predicted molar refractivity (Wildman–Crippen MR) is 73.3 cm³/mol. The number of hydrogen-bond acceptors (Lipinski definition) is 2. The fourth-order valence-corrected chi connectivity index (χ4v) is 3.06. The summed E-state index contributed by atoms with van der Waals surface area (Å²) in [5.41, 5.74) is -0.211. The highest BCUT2D eigenvalue weighted by molar-refractivity contribution is 9.10. The van der Waals surface area contributed by atoms with Crippen LogP contribution in [-0.4, -0.2) is 18.9 Å². The van der Waals surface area contributed by atoms with Crippen molar-refractivity contribution in [1.82, 2.24) is 5.32 Å². The summed E-state index contributed by atoms with van der Waals surface area (Å²) in [5, 5.41) is 3.23. The molecular weight excluding hydrogens is 297 g/mol. The van der Waals surface area contributed by atoms with Crippen LogP contribution in [0.3, 0.4) is 0 Å². The van der Waals surface area contributed by atoms with E-state index >= 15 is 0 Å². The van der Waals surface area contributed by atoms with Gasteiger partial charge in [0.05, 0.1) is 5.56 Å². The second kappa shape index (κ2) is 5.49.